The summed E-state index contributed by atoms with van der Waals surface area (Å²) in [6.07, 6.45) is 0. The topological polar surface area (TPSA) is 46.6 Å². The van der Waals surface area contributed by atoms with E-state index >= 15 is 0 Å². The molecule has 1 aromatic carbocycles. The lowest BCUT2D eigenvalue weighted by Gasteiger charge is -2.19. The summed E-state index contributed by atoms with van der Waals surface area (Å²) in [5, 5.41) is 1.96. The van der Waals surface area contributed by atoms with E-state index in [1.807, 2.05) is 18.4 Å². The number of aryl methyl sites for hydroxylation is 1. The molecule has 0 amide bonds. The standard InChI is InChI=1S/C14H16BrNO3S2/c1-10-6-7-20-13(10)9-16(2)21(17,18)14-8-11(15)4-5-12(14)19-3/h4-8H,9H2,1-3H3. The lowest BCUT2D eigenvalue weighted by molar-refractivity contribution is 0.397. The second kappa shape index (κ2) is 6.48. The third-order valence-corrected chi connectivity index (χ3v) is 6.47. The minimum absolute atomic E-state index is 0.163. The Bertz CT molecular complexity index is 740. The van der Waals surface area contributed by atoms with Crippen molar-refractivity contribution >= 4 is 37.3 Å². The van der Waals surface area contributed by atoms with Gasteiger partial charge in [-0.1, -0.05) is 15.9 Å². The summed E-state index contributed by atoms with van der Waals surface area (Å²) >= 11 is 4.86. The largest absolute Gasteiger partial charge is 0.495 e. The Balaban J connectivity index is 2.37. The first-order valence-corrected chi connectivity index (χ1v) is 9.30. The molecule has 0 aliphatic carbocycles. The minimum atomic E-state index is -3.61. The van der Waals surface area contributed by atoms with Crippen LogP contribution in [0.1, 0.15) is 10.4 Å². The highest BCUT2D eigenvalue weighted by Crippen LogP contribution is 2.30. The van der Waals surface area contributed by atoms with E-state index in [0.29, 0.717) is 16.8 Å². The van der Waals surface area contributed by atoms with Gasteiger partial charge in [-0.25, -0.2) is 8.42 Å². The molecule has 4 nitrogen and oxygen atoms in total. The van der Waals surface area contributed by atoms with Gasteiger partial charge in [0.15, 0.2) is 0 Å². The molecule has 1 aromatic heterocycles. The molecule has 114 valence electrons. The van der Waals surface area contributed by atoms with Gasteiger partial charge in [-0.2, -0.15) is 4.31 Å². The maximum absolute atomic E-state index is 12.7. The van der Waals surface area contributed by atoms with Crippen LogP contribution >= 0.6 is 27.3 Å². The molecular weight excluding hydrogens is 374 g/mol. The molecule has 2 rings (SSSR count). The Morgan fingerprint density at radius 2 is 2.05 bits per heavy atom. The van der Waals surface area contributed by atoms with E-state index in [4.69, 9.17) is 4.74 Å². The first-order chi connectivity index (χ1) is 9.86. The van der Waals surface area contributed by atoms with Gasteiger partial charge >= 0.3 is 0 Å². The van der Waals surface area contributed by atoms with Crippen molar-refractivity contribution in [3.8, 4) is 5.75 Å². The van der Waals surface area contributed by atoms with Crippen LogP contribution in [0.5, 0.6) is 5.75 Å². The van der Waals surface area contributed by atoms with Gasteiger partial charge < -0.3 is 4.74 Å². The van der Waals surface area contributed by atoms with Crippen LogP contribution in [0.2, 0.25) is 0 Å². The molecular formula is C14H16BrNO3S2. The number of sulfonamides is 1. The zero-order valence-corrected chi connectivity index (χ0v) is 15.2. The van der Waals surface area contributed by atoms with Crippen molar-refractivity contribution in [2.75, 3.05) is 14.2 Å². The molecule has 21 heavy (non-hydrogen) atoms. The molecule has 0 radical (unpaired) electrons. The number of methoxy groups -OCH3 is 1. The third kappa shape index (κ3) is 3.48. The molecule has 0 N–H and O–H groups in total. The number of hydrogen-bond acceptors (Lipinski definition) is 4. The van der Waals surface area contributed by atoms with E-state index in [0.717, 1.165) is 10.4 Å². The summed E-state index contributed by atoms with van der Waals surface area (Å²) in [4.78, 5) is 1.20. The van der Waals surface area contributed by atoms with E-state index in [-0.39, 0.29) is 4.90 Å². The van der Waals surface area contributed by atoms with Crippen LogP contribution in [0.3, 0.4) is 0 Å². The molecule has 0 aliphatic rings. The van der Waals surface area contributed by atoms with Gasteiger partial charge in [-0.05, 0) is 42.1 Å². The summed E-state index contributed by atoms with van der Waals surface area (Å²) < 4.78 is 32.7. The first-order valence-electron chi connectivity index (χ1n) is 6.19. The molecule has 0 saturated heterocycles. The number of halogens is 1. The average molecular weight is 390 g/mol. The fourth-order valence-corrected chi connectivity index (χ4v) is 4.74. The Morgan fingerprint density at radius 3 is 2.62 bits per heavy atom. The average Bonchev–Trinajstić information content (AvgIpc) is 2.84. The smallest absolute Gasteiger partial charge is 0.246 e. The molecule has 0 atom stereocenters. The Labute approximate surface area is 137 Å². The molecule has 0 bridgehead atoms. The van der Waals surface area contributed by atoms with E-state index in [1.54, 1.807) is 36.6 Å². The number of ether oxygens (including phenoxy) is 1. The lowest BCUT2D eigenvalue weighted by Crippen LogP contribution is -2.26. The molecule has 2 aromatic rings. The van der Waals surface area contributed by atoms with Gasteiger partial charge in [0.2, 0.25) is 10.0 Å². The van der Waals surface area contributed by atoms with Crippen molar-refractivity contribution in [3.05, 3.63) is 44.6 Å². The molecule has 0 fully saturated rings. The van der Waals surface area contributed by atoms with Gasteiger partial charge in [0, 0.05) is 22.9 Å². The number of nitrogens with zero attached hydrogens (tertiary/aromatic N) is 1. The molecule has 7 heteroatoms. The van der Waals surface area contributed by atoms with Crippen LogP contribution < -0.4 is 4.74 Å². The van der Waals surface area contributed by atoms with E-state index in [1.165, 1.54) is 11.4 Å². The van der Waals surface area contributed by atoms with Crippen molar-refractivity contribution in [1.82, 2.24) is 4.31 Å². The third-order valence-electron chi connectivity index (χ3n) is 3.15. The summed E-state index contributed by atoms with van der Waals surface area (Å²) in [6.45, 7) is 2.33. The highest BCUT2D eigenvalue weighted by molar-refractivity contribution is 9.10. The fraction of sp³-hybridized carbons (Fsp3) is 0.286. The highest BCUT2D eigenvalue weighted by Gasteiger charge is 2.25. The lowest BCUT2D eigenvalue weighted by atomic mass is 10.3. The second-order valence-corrected chi connectivity index (χ2v) is 8.51. The minimum Gasteiger partial charge on any atom is -0.495 e. The van der Waals surface area contributed by atoms with Crippen LogP contribution in [0.4, 0.5) is 0 Å². The maximum Gasteiger partial charge on any atom is 0.246 e. The zero-order valence-electron chi connectivity index (χ0n) is 12.0. The predicted octanol–water partition coefficient (Wildman–Crippen LogP) is 3.65. The monoisotopic (exact) mass is 389 g/mol. The normalized spacial score (nSPS) is 11.9. The van der Waals surface area contributed by atoms with Crippen LogP contribution in [0.25, 0.3) is 0 Å². The highest BCUT2D eigenvalue weighted by atomic mass is 79.9. The van der Waals surface area contributed by atoms with Crippen LogP contribution in [-0.2, 0) is 16.6 Å². The maximum atomic E-state index is 12.7. The number of rotatable bonds is 5. The number of benzene rings is 1. The van der Waals surface area contributed by atoms with Gasteiger partial charge in [-0.3, -0.25) is 0 Å². The van der Waals surface area contributed by atoms with Crippen LogP contribution in [-0.4, -0.2) is 26.9 Å². The predicted molar refractivity (Wildman–Crippen MR) is 88.4 cm³/mol. The molecule has 0 saturated carbocycles. The first kappa shape index (κ1) is 16.5. The van der Waals surface area contributed by atoms with Crippen molar-refractivity contribution in [2.24, 2.45) is 0 Å². The van der Waals surface area contributed by atoms with Gasteiger partial charge in [0.25, 0.3) is 0 Å². The van der Waals surface area contributed by atoms with Crippen molar-refractivity contribution in [2.45, 2.75) is 18.4 Å². The summed E-state index contributed by atoms with van der Waals surface area (Å²) in [5.41, 5.74) is 1.10. The summed E-state index contributed by atoms with van der Waals surface area (Å²) in [6, 6.07) is 6.94. The molecule has 0 aliphatic heterocycles. The molecule has 0 unspecified atom stereocenters. The van der Waals surface area contributed by atoms with Gasteiger partial charge in [0.1, 0.15) is 10.6 Å². The molecule has 1 heterocycles. The van der Waals surface area contributed by atoms with Crippen LogP contribution in [0, 0.1) is 6.92 Å². The SMILES string of the molecule is COc1ccc(Br)cc1S(=O)(=O)N(C)Cc1sccc1C. The quantitative estimate of drug-likeness (QED) is 0.783. The number of thiophene rings is 1. The van der Waals surface area contributed by atoms with Crippen molar-refractivity contribution < 1.29 is 13.2 Å². The van der Waals surface area contributed by atoms with E-state index in [9.17, 15) is 8.42 Å². The van der Waals surface area contributed by atoms with Crippen molar-refractivity contribution in [1.29, 1.82) is 0 Å². The van der Waals surface area contributed by atoms with Crippen LogP contribution in [0.15, 0.2) is 39.0 Å². The van der Waals surface area contributed by atoms with E-state index < -0.39 is 10.0 Å². The Kier molecular flexibility index (Phi) is 5.08. The summed E-state index contributed by atoms with van der Waals surface area (Å²) in [5.74, 6) is 0.341. The van der Waals surface area contributed by atoms with E-state index in [2.05, 4.69) is 15.9 Å². The Morgan fingerprint density at radius 1 is 1.33 bits per heavy atom. The fourth-order valence-electron chi connectivity index (χ4n) is 1.87. The Hall–Kier alpha value is -0.890. The second-order valence-electron chi connectivity index (χ2n) is 4.58. The molecule has 0 spiro atoms. The zero-order chi connectivity index (χ0) is 15.6. The van der Waals surface area contributed by atoms with Crippen molar-refractivity contribution in [3.63, 3.8) is 0 Å². The number of hydrogen-bond donors (Lipinski definition) is 0. The van der Waals surface area contributed by atoms with Gasteiger partial charge in [0.05, 0.1) is 7.11 Å². The summed E-state index contributed by atoms with van der Waals surface area (Å²) in [7, 11) is -0.570. The van der Waals surface area contributed by atoms with Gasteiger partial charge in [-0.15, -0.1) is 11.3 Å².